The third-order valence-electron chi connectivity index (χ3n) is 18.0. The van der Waals surface area contributed by atoms with Gasteiger partial charge in [0.15, 0.2) is 0 Å². The summed E-state index contributed by atoms with van der Waals surface area (Å²) in [5.74, 6) is 5.55. The molecule has 0 amide bonds. The first-order chi connectivity index (χ1) is 35.9. The van der Waals surface area contributed by atoms with Crippen molar-refractivity contribution in [3.8, 4) is 23.0 Å². The van der Waals surface area contributed by atoms with Crippen molar-refractivity contribution in [2.75, 3.05) is 16.5 Å². The molecular weight excluding hydrogens is 891 g/mol. The van der Waals surface area contributed by atoms with Gasteiger partial charge in [-0.1, -0.05) is 84.9 Å². The quantitative estimate of drug-likeness (QED) is 0.152. The summed E-state index contributed by atoms with van der Waals surface area (Å²) < 4.78 is 11.7. The Morgan fingerprint density at radius 2 is 0.986 bits per heavy atom. The van der Waals surface area contributed by atoms with Gasteiger partial charge in [-0.15, -0.1) is 0 Å². The summed E-state index contributed by atoms with van der Waals surface area (Å²) in [5, 5.41) is 4.94. The van der Waals surface area contributed by atoms with Crippen LogP contribution in [0.2, 0.25) is 0 Å². The van der Waals surface area contributed by atoms with Crippen molar-refractivity contribution in [1.82, 2.24) is 14.1 Å². The van der Waals surface area contributed by atoms with Crippen molar-refractivity contribution < 1.29 is 4.74 Å². The van der Waals surface area contributed by atoms with Crippen molar-refractivity contribution >= 4 is 66.4 Å². The van der Waals surface area contributed by atoms with Gasteiger partial charge in [0, 0.05) is 62.4 Å². The number of fused-ring (bicyclic) bond motifs is 7. The molecule has 6 nitrogen and oxygen atoms in total. The first-order valence-corrected chi connectivity index (χ1v) is 26.5. The highest BCUT2D eigenvalue weighted by molar-refractivity contribution is 6.10. The van der Waals surface area contributed by atoms with Crippen LogP contribution in [0.3, 0.4) is 0 Å². The third kappa shape index (κ3) is 6.45. The molecule has 0 spiro atoms. The minimum absolute atomic E-state index is 0.0295. The lowest BCUT2D eigenvalue weighted by atomic mass is 9.42. The van der Waals surface area contributed by atoms with Gasteiger partial charge < -0.3 is 19.1 Å². The highest BCUT2D eigenvalue weighted by Gasteiger charge is 2.58. The van der Waals surface area contributed by atoms with E-state index in [4.69, 9.17) is 9.72 Å². The van der Waals surface area contributed by atoms with E-state index < -0.39 is 0 Å². The van der Waals surface area contributed by atoms with E-state index >= 15 is 0 Å². The zero-order valence-electron chi connectivity index (χ0n) is 41.7. The normalized spacial score (nSPS) is 21.0. The fraction of sp³-hybridized carbons (Fsp3) is 0.209. The summed E-state index contributed by atoms with van der Waals surface area (Å²) >= 11 is 0. The minimum atomic E-state index is -0.0295. The van der Waals surface area contributed by atoms with Gasteiger partial charge in [0.1, 0.15) is 24.0 Å². The van der Waals surface area contributed by atoms with Crippen LogP contribution in [-0.4, -0.2) is 20.8 Å². The molecule has 0 unspecified atom stereocenters. The number of para-hydroxylation sites is 5. The van der Waals surface area contributed by atoms with Crippen LogP contribution in [0.5, 0.6) is 11.5 Å². The second-order valence-electron chi connectivity index (χ2n) is 21.8. The monoisotopic (exact) mass is 947 g/mol. The number of anilines is 4. The van der Waals surface area contributed by atoms with E-state index in [1.807, 2.05) is 0 Å². The van der Waals surface area contributed by atoms with Crippen LogP contribution in [0.1, 0.15) is 59.9 Å². The Morgan fingerprint density at radius 3 is 1.63 bits per heavy atom. The lowest BCUT2D eigenvalue weighted by Crippen LogP contribution is -2.56. The summed E-state index contributed by atoms with van der Waals surface area (Å²) in [4.78, 5) is 10.0. The molecule has 11 aromatic rings. The van der Waals surface area contributed by atoms with Crippen LogP contribution in [0.25, 0.3) is 55.1 Å². The molecule has 4 bridgehead atoms. The van der Waals surface area contributed by atoms with Crippen molar-refractivity contribution in [2.24, 2.45) is 23.7 Å². The molecule has 3 aromatic heterocycles. The Hall–Kier alpha value is -8.09. The predicted octanol–water partition coefficient (Wildman–Crippen LogP) is 17.0. The molecular formula is C67H57N5O. The van der Waals surface area contributed by atoms with Crippen molar-refractivity contribution in [1.29, 1.82) is 0 Å². The van der Waals surface area contributed by atoms with E-state index in [0.717, 1.165) is 62.9 Å². The summed E-state index contributed by atoms with van der Waals surface area (Å²) in [6.07, 6.45) is 8.84. The number of pyridine rings is 1. The Morgan fingerprint density at radius 1 is 0.438 bits per heavy atom. The van der Waals surface area contributed by atoms with Gasteiger partial charge in [-0.3, -0.25) is 4.57 Å². The zero-order valence-corrected chi connectivity index (χ0v) is 41.7. The number of hydrogen-bond donors (Lipinski definition) is 0. The zero-order chi connectivity index (χ0) is 48.5. The summed E-state index contributed by atoms with van der Waals surface area (Å²) in [6, 6.07) is 69.0. The average Bonchev–Trinajstić information content (AvgIpc) is 4.08. The molecule has 0 N–H and O–H groups in total. The largest absolute Gasteiger partial charge is 0.457 e. The van der Waals surface area contributed by atoms with Crippen LogP contribution < -0.4 is 14.5 Å². The number of benzene rings is 8. The highest BCUT2D eigenvalue weighted by atomic mass is 16.5. The summed E-state index contributed by atoms with van der Waals surface area (Å²) in [6.45, 7) is 7.58. The lowest BCUT2D eigenvalue weighted by Gasteiger charge is -2.62. The maximum Gasteiger partial charge on any atom is 0.137 e. The maximum absolute atomic E-state index is 6.90. The minimum Gasteiger partial charge on any atom is -0.457 e. The molecule has 16 rings (SSSR count). The molecule has 0 saturated heterocycles. The topological polar surface area (TPSA) is 38.5 Å². The van der Waals surface area contributed by atoms with Gasteiger partial charge in [-0.2, -0.15) is 0 Å². The van der Waals surface area contributed by atoms with Crippen LogP contribution in [-0.2, 0) is 5.41 Å². The van der Waals surface area contributed by atoms with Crippen molar-refractivity contribution in [2.45, 2.75) is 58.3 Å². The van der Waals surface area contributed by atoms with E-state index in [9.17, 15) is 0 Å². The molecule has 8 aromatic carbocycles. The third-order valence-corrected chi connectivity index (χ3v) is 18.0. The number of aryl methyl sites for hydroxylation is 2. The fourth-order valence-electron chi connectivity index (χ4n) is 14.9. The van der Waals surface area contributed by atoms with Crippen molar-refractivity contribution in [3.63, 3.8) is 0 Å². The summed E-state index contributed by atoms with van der Waals surface area (Å²) in [7, 11) is 0. The van der Waals surface area contributed by atoms with Gasteiger partial charge in [-0.05, 0) is 195 Å². The molecule has 4 heterocycles. The summed E-state index contributed by atoms with van der Waals surface area (Å²) in [5.41, 5.74) is 17.5. The van der Waals surface area contributed by atoms with E-state index in [2.05, 4.69) is 234 Å². The van der Waals surface area contributed by atoms with Gasteiger partial charge in [0.2, 0.25) is 0 Å². The van der Waals surface area contributed by atoms with Crippen LogP contribution in [0.4, 0.5) is 22.7 Å². The second-order valence-corrected chi connectivity index (χ2v) is 21.8. The van der Waals surface area contributed by atoms with Gasteiger partial charge in [0.25, 0.3) is 0 Å². The van der Waals surface area contributed by atoms with Gasteiger partial charge in [0.05, 0.1) is 33.4 Å². The van der Waals surface area contributed by atoms with E-state index in [0.29, 0.717) is 18.5 Å². The molecule has 4 saturated carbocycles. The molecule has 73 heavy (non-hydrogen) atoms. The van der Waals surface area contributed by atoms with Crippen LogP contribution >= 0.6 is 0 Å². The molecule has 4 aliphatic carbocycles. The molecule has 0 radical (unpaired) electrons. The molecule has 1 aliphatic heterocycles. The number of nitrogens with zero attached hydrogens (tertiary/aromatic N) is 5. The first kappa shape index (κ1) is 42.6. The van der Waals surface area contributed by atoms with E-state index in [-0.39, 0.29) is 5.41 Å². The first-order valence-electron chi connectivity index (χ1n) is 26.5. The number of ether oxygens (including phenoxy) is 1. The Kier molecular flexibility index (Phi) is 9.46. The smallest absolute Gasteiger partial charge is 0.137 e. The molecule has 0 atom stereocenters. The lowest BCUT2D eigenvalue weighted by molar-refractivity contribution is -0.0419. The van der Waals surface area contributed by atoms with Crippen molar-refractivity contribution in [3.05, 3.63) is 222 Å². The van der Waals surface area contributed by atoms with Gasteiger partial charge >= 0.3 is 0 Å². The van der Waals surface area contributed by atoms with Gasteiger partial charge in [-0.25, -0.2) is 4.98 Å². The van der Waals surface area contributed by atoms with Crippen LogP contribution in [0, 0.1) is 44.4 Å². The molecule has 6 heteroatoms. The predicted molar refractivity (Wildman–Crippen MR) is 300 cm³/mol. The fourth-order valence-corrected chi connectivity index (χ4v) is 14.9. The maximum atomic E-state index is 6.90. The Bertz CT molecular complexity index is 3910. The molecule has 4 fully saturated rings. The Balaban J connectivity index is 0.765. The SMILES string of the molecule is Cc1cc(C2(c3ccnc(-n4c5ccccc5c5ccc(Oc6cccc(N7CN(c8ccc(-n9c%10ccccc%10c%10ccccc%109)cc8)c8ccccc87)c6)cc54)c3)C3CC4CC(C3)CC2C4)cc(C)c1C. The highest BCUT2D eigenvalue weighted by Crippen LogP contribution is 2.65. The van der Waals surface area contributed by atoms with E-state index in [1.54, 1.807) is 0 Å². The standard InChI is InChI=1S/C67H57N5O/c1-42-31-48(32-43(2)44(42)3)67(49-34-45-33-46(36-49)37-50(67)35-45)47-29-30-68-66(38-47)72-62-20-9-6-17-58(62)59-28-27-55(40-65(59)72)73-54-14-12-13-53(39-54)70-41-69(63-21-10-11-22-64(63)70)51-23-25-52(26-24-51)71-60-18-7-4-15-56(60)57-16-5-8-19-61(57)71/h4-32,38-40,45-46,49-50H,33-37,41H2,1-3H3. The number of hydrogen-bond acceptors (Lipinski definition) is 4. The average molecular weight is 948 g/mol. The van der Waals surface area contributed by atoms with Crippen LogP contribution in [0.15, 0.2) is 194 Å². The molecule has 5 aliphatic rings. The number of aromatic nitrogens is 3. The Labute approximate surface area is 426 Å². The van der Waals surface area contributed by atoms with E-state index in [1.165, 1.54) is 98.2 Å². The number of rotatable bonds is 8. The second kappa shape index (κ2) is 16.2. The molecule has 356 valence electrons.